The minimum atomic E-state index is 0.590. The Bertz CT molecular complexity index is 333. The van der Waals surface area contributed by atoms with Gasteiger partial charge < -0.3 is 5.32 Å². The standard InChI is InChI=1S/C12H22ClN3/c1-5-6-14-8-9(2)7-11-10(3)15-16(4)12(11)13/h9,14H,5-8H2,1-4H3. The number of hydrogen-bond acceptors (Lipinski definition) is 2. The van der Waals surface area contributed by atoms with Crippen molar-refractivity contribution in [2.75, 3.05) is 13.1 Å². The number of aryl methyl sites for hydroxylation is 2. The van der Waals surface area contributed by atoms with Gasteiger partial charge in [-0.2, -0.15) is 5.10 Å². The number of nitrogens with zero attached hydrogens (tertiary/aromatic N) is 2. The summed E-state index contributed by atoms with van der Waals surface area (Å²) in [5.41, 5.74) is 2.24. The first kappa shape index (κ1) is 13.5. The van der Waals surface area contributed by atoms with E-state index in [0.29, 0.717) is 5.92 Å². The van der Waals surface area contributed by atoms with Crippen molar-refractivity contribution >= 4 is 11.6 Å². The molecule has 0 fully saturated rings. The Morgan fingerprint density at radius 3 is 2.69 bits per heavy atom. The fraction of sp³-hybridized carbons (Fsp3) is 0.750. The molecule has 1 aromatic heterocycles. The van der Waals surface area contributed by atoms with Crippen molar-refractivity contribution in [2.45, 2.75) is 33.6 Å². The van der Waals surface area contributed by atoms with Gasteiger partial charge in [0.15, 0.2) is 0 Å². The fourth-order valence-corrected chi connectivity index (χ4v) is 2.10. The summed E-state index contributed by atoms with van der Waals surface area (Å²) in [7, 11) is 1.89. The predicted molar refractivity (Wildman–Crippen MR) is 69.0 cm³/mol. The van der Waals surface area contributed by atoms with E-state index in [2.05, 4.69) is 24.3 Å². The van der Waals surface area contributed by atoms with Crippen LogP contribution in [0.5, 0.6) is 0 Å². The zero-order valence-electron chi connectivity index (χ0n) is 10.7. The van der Waals surface area contributed by atoms with Crippen LogP contribution in [0.3, 0.4) is 0 Å². The van der Waals surface area contributed by atoms with Crippen LogP contribution in [0.1, 0.15) is 31.5 Å². The monoisotopic (exact) mass is 243 g/mol. The Balaban J connectivity index is 2.52. The van der Waals surface area contributed by atoms with Gasteiger partial charge in [-0.05, 0) is 38.8 Å². The van der Waals surface area contributed by atoms with Crippen molar-refractivity contribution < 1.29 is 0 Å². The molecule has 92 valence electrons. The molecule has 1 aromatic rings. The largest absolute Gasteiger partial charge is 0.316 e. The molecule has 0 bridgehead atoms. The summed E-state index contributed by atoms with van der Waals surface area (Å²) in [5.74, 6) is 0.590. The van der Waals surface area contributed by atoms with E-state index in [1.165, 1.54) is 12.0 Å². The molecule has 4 heteroatoms. The van der Waals surface area contributed by atoms with Crippen LogP contribution in [0, 0.1) is 12.8 Å². The van der Waals surface area contributed by atoms with Crippen molar-refractivity contribution in [3.8, 4) is 0 Å². The second kappa shape index (κ2) is 6.26. The highest BCUT2D eigenvalue weighted by atomic mass is 35.5. The minimum Gasteiger partial charge on any atom is -0.316 e. The molecule has 0 saturated heterocycles. The lowest BCUT2D eigenvalue weighted by Crippen LogP contribution is -2.23. The third-order valence-electron chi connectivity index (χ3n) is 2.74. The van der Waals surface area contributed by atoms with Gasteiger partial charge in [0.1, 0.15) is 5.15 Å². The summed E-state index contributed by atoms with van der Waals surface area (Å²) in [5, 5.41) is 8.53. The maximum Gasteiger partial charge on any atom is 0.130 e. The molecule has 1 heterocycles. The van der Waals surface area contributed by atoms with Crippen LogP contribution in [0.2, 0.25) is 5.15 Å². The lowest BCUT2D eigenvalue weighted by molar-refractivity contribution is 0.510. The average Bonchev–Trinajstić information content (AvgIpc) is 2.46. The van der Waals surface area contributed by atoms with E-state index in [9.17, 15) is 0 Å². The molecule has 0 aliphatic rings. The van der Waals surface area contributed by atoms with E-state index in [1.807, 2.05) is 14.0 Å². The van der Waals surface area contributed by atoms with E-state index < -0.39 is 0 Å². The van der Waals surface area contributed by atoms with Gasteiger partial charge in [-0.15, -0.1) is 0 Å². The third kappa shape index (κ3) is 3.49. The topological polar surface area (TPSA) is 29.9 Å². The normalized spacial score (nSPS) is 13.1. The van der Waals surface area contributed by atoms with Crippen LogP contribution in [-0.4, -0.2) is 22.9 Å². The van der Waals surface area contributed by atoms with E-state index in [0.717, 1.165) is 30.4 Å². The van der Waals surface area contributed by atoms with Crippen molar-refractivity contribution in [3.05, 3.63) is 16.4 Å². The number of rotatable bonds is 6. The van der Waals surface area contributed by atoms with Gasteiger partial charge in [0.25, 0.3) is 0 Å². The first-order valence-electron chi connectivity index (χ1n) is 5.95. The molecule has 1 unspecified atom stereocenters. The third-order valence-corrected chi connectivity index (χ3v) is 3.21. The lowest BCUT2D eigenvalue weighted by atomic mass is 10.0. The predicted octanol–water partition coefficient (Wildman–Crippen LogP) is 2.56. The van der Waals surface area contributed by atoms with E-state index in [1.54, 1.807) is 4.68 Å². The first-order chi connectivity index (χ1) is 7.56. The molecule has 16 heavy (non-hydrogen) atoms. The molecule has 3 nitrogen and oxygen atoms in total. The first-order valence-corrected chi connectivity index (χ1v) is 6.32. The van der Waals surface area contributed by atoms with E-state index >= 15 is 0 Å². The number of halogens is 1. The highest BCUT2D eigenvalue weighted by Gasteiger charge is 2.13. The molecule has 0 aliphatic carbocycles. The van der Waals surface area contributed by atoms with Gasteiger partial charge in [0, 0.05) is 12.6 Å². The SMILES string of the molecule is CCCNCC(C)Cc1c(C)nn(C)c1Cl. The highest BCUT2D eigenvalue weighted by Crippen LogP contribution is 2.21. The Kier molecular flexibility index (Phi) is 5.29. The van der Waals surface area contributed by atoms with Crippen molar-refractivity contribution in [1.29, 1.82) is 0 Å². The zero-order chi connectivity index (χ0) is 12.1. The van der Waals surface area contributed by atoms with Gasteiger partial charge in [0.05, 0.1) is 5.69 Å². The molecule has 0 spiro atoms. The van der Waals surface area contributed by atoms with E-state index in [4.69, 9.17) is 11.6 Å². The molecule has 0 amide bonds. The van der Waals surface area contributed by atoms with Gasteiger partial charge >= 0.3 is 0 Å². The fourth-order valence-electron chi connectivity index (χ4n) is 1.85. The van der Waals surface area contributed by atoms with Gasteiger partial charge in [-0.25, -0.2) is 0 Å². The summed E-state index contributed by atoms with van der Waals surface area (Å²) >= 11 is 6.20. The molecular formula is C12H22ClN3. The van der Waals surface area contributed by atoms with Crippen LogP contribution < -0.4 is 5.32 Å². The molecule has 1 atom stereocenters. The molecule has 0 radical (unpaired) electrons. The smallest absolute Gasteiger partial charge is 0.130 e. The number of hydrogen-bond donors (Lipinski definition) is 1. The Hall–Kier alpha value is -0.540. The Labute approximate surface area is 103 Å². The summed E-state index contributed by atoms with van der Waals surface area (Å²) in [6.07, 6.45) is 2.18. The van der Waals surface area contributed by atoms with Gasteiger partial charge in [-0.3, -0.25) is 4.68 Å². The van der Waals surface area contributed by atoms with Crippen molar-refractivity contribution in [1.82, 2.24) is 15.1 Å². The minimum absolute atomic E-state index is 0.590. The molecule has 1 rings (SSSR count). The Morgan fingerprint density at radius 2 is 2.19 bits per heavy atom. The average molecular weight is 244 g/mol. The van der Waals surface area contributed by atoms with Crippen molar-refractivity contribution in [3.63, 3.8) is 0 Å². The molecule has 0 aliphatic heterocycles. The van der Waals surface area contributed by atoms with Crippen LogP contribution in [-0.2, 0) is 13.5 Å². The Morgan fingerprint density at radius 1 is 1.50 bits per heavy atom. The van der Waals surface area contributed by atoms with Crippen LogP contribution in [0.15, 0.2) is 0 Å². The second-order valence-corrected chi connectivity index (χ2v) is 4.85. The summed E-state index contributed by atoms with van der Waals surface area (Å²) in [6, 6.07) is 0. The van der Waals surface area contributed by atoms with Crippen molar-refractivity contribution in [2.24, 2.45) is 13.0 Å². The van der Waals surface area contributed by atoms with Gasteiger partial charge in [0.2, 0.25) is 0 Å². The summed E-state index contributed by atoms with van der Waals surface area (Å²) in [6.45, 7) is 8.57. The molecule has 0 saturated carbocycles. The number of nitrogens with one attached hydrogen (secondary N) is 1. The maximum atomic E-state index is 6.20. The molecular weight excluding hydrogens is 222 g/mol. The zero-order valence-corrected chi connectivity index (χ0v) is 11.4. The quantitative estimate of drug-likeness (QED) is 0.779. The second-order valence-electron chi connectivity index (χ2n) is 4.49. The van der Waals surface area contributed by atoms with E-state index in [-0.39, 0.29) is 0 Å². The highest BCUT2D eigenvalue weighted by molar-refractivity contribution is 6.30. The van der Waals surface area contributed by atoms with Crippen LogP contribution in [0.25, 0.3) is 0 Å². The summed E-state index contributed by atoms with van der Waals surface area (Å²) < 4.78 is 1.75. The lowest BCUT2D eigenvalue weighted by Gasteiger charge is -2.12. The van der Waals surface area contributed by atoms with Crippen LogP contribution in [0.4, 0.5) is 0 Å². The van der Waals surface area contributed by atoms with Crippen LogP contribution >= 0.6 is 11.6 Å². The molecule has 0 aromatic carbocycles. The van der Waals surface area contributed by atoms with Gasteiger partial charge in [-0.1, -0.05) is 25.4 Å². The number of aromatic nitrogens is 2. The summed E-state index contributed by atoms with van der Waals surface area (Å²) in [4.78, 5) is 0. The molecule has 1 N–H and O–H groups in total. The maximum absolute atomic E-state index is 6.20.